The van der Waals surface area contributed by atoms with Crippen LogP contribution in [0.4, 0.5) is 5.69 Å². The van der Waals surface area contributed by atoms with E-state index < -0.39 is 0 Å². The van der Waals surface area contributed by atoms with Crippen molar-refractivity contribution in [3.8, 4) is 5.75 Å². The smallest absolute Gasteiger partial charge is 0.238 e. The van der Waals surface area contributed by atoms with E-state index in [9.17, 15) is 4.79 Å². The van der Waals surface area contributed by atoms with Crippen LogP contribution in [0.1, 0.15) is 0 Å². The number of hydrogen-bond acceptors (Lipinski definition) is 4. The molecular formula is C13H18ClN3O2. The normalized spacial score (nSPS) is 16.1. The Balaban J connectivity index is 1.95. The highest BCUT2D eigenvalue weighted by molar-refractivity contribution is 6.31. The molecule has 0 aromatic heterocycles. The monoisotopic (exact) mass is 283 g/mol. The summed E-state index contributed by atoms with van der Waals surface area (Å²) >= 11 is 5.92. The van der Waals surface area contributed by atoms with E-state index in [2.05, 4.69) is 15.5 Å². The van der Waals surface area contributed by atoms with Crippen LogP contribution >= 0.6 is 11.6 Å². The Morgan fingerprint density at radius 2 is 2.21 bits per heavy atom. The lowest BCUT2D eigenvalue weighted by Gasteiger charge is -2.26. The maximum atomic E-state index is 12.0. The number of ether oxygens (including phenoxy) is 1. The Hall–Kier alpha value is -1.30. The molecule has 1 aliphatic heterocycles. The van der Waals surface area contributed by atoms with Crippen molar-refractivity contribution in [2.24, 2.45) is 0 Å². The summed E-state index contributed by atoms with van der Waals surface area (Å²) in [5.41, 5.74) is 0.607. The highest BCUT2D eigenvalue weighted by Crippen LogP contribution is 2.27. The molecule has 0 spiro atoms. The van der Waals surface area contributed by atoms with Crippen LogP contribution in [0.5, 0.6) is 5.75 Å². The van der Waals surface area contributed by atoms with Gasteiger partial charge in [-0.05, 0) is 18.2 Å². The number of hydrogen-bond donors (Lipinski definition) is 2. The van der Waals surface area contributed by atoms with Gasteiger partial charge in [0.1, 0.15) is 5.75 Å². The molecule has 1 saturated heterocycles. The van der Waals surface area contributed by atoms with Gasteiger partial charge in [-0.1, -0.05) is 11.6 Å². The van der Waals surface area contributed by atoms with Crippen LogP contribution in [-0.2, 0) is 4.79 Å². The topological polar surface area (TPSA) is 53.6 Å². The molecular weight excluding hydrogens is 266 g/mol. The van der Waals surface area contributed by atoms with E-state index in [0.717, 1.165) is 26.2 Å². The second-order valence-electron chi connectivity index (χ2n) is 4.42. The minimum absolute atomic E-state index is 0.0533. The summed E-state index contributed by atoms with van der Waals surface area (Å²) in [7, 11) is 1.56. The van der Waals surface area contributed by atoms with Crippen LogP contribution in [0.2, 0.25) is 5.02 Å². The van der Waals surface area contributed by atoms with E-state index >= 15 is 0 Å². The molecule has 1 fully saturated rings. The van der Waals surface area contributed by atoms with Crippen LogP contribution in [0.15, 0.2) is 18.2 Å². The molecule has 0 atom stereocenters. The second-order valence-corrected chi connectivity index (χ2v) is 4.86. The minimum atomic E-state index is -0.0533. The predicted molar refractivity (Wildman–Crippen MR) is 75.9 cm³/mol. The Labute approximate surface area is 117 Å². The number of carbonyl (C=O) groups excluding carboxylic acids is 1. The molecule has 1 heterocycles. The molecule has 0 aliphatic carbocycles. The fourth-order valence-corrected chi connectivity index (χ4v) is 2.21. The third kappa shape index (κ3) is 4.09. The van der Waals surface area contributed by atoms with E-state index in [1.165, 1.54) is 0 Å². The molecule has 1 amide bonds. The van der Waals surface area contributed by atoms with Gasteiger partial charge in [0.05, 0.1) is 19.3 Å². The molecule has 104 valence electrons. The number of rotatable bonds is 4. The van der Waals surface area contributed by atoms with Gasteiger partial charge in [0.15, 0.2) is 0 Å². The Bertz CT molecular complexity index is 448. The molecule has 5 nitrogen and oxygen atoms in total. The summed E-state index contributed by atoms with van der Waals surface area (Å²) in [6, 6.07) is 5.16. The molecule has 1 aromatic carbocycles. The van der Waals surface area contributed by atoms with E-state index in [0.29, 0.717) is 23.0 Å². The lowest BCUT2D eigenvalue weighted by Crippen LogP contribution is -2.46. The van der Waals surface area contributed by atoms with Crippen LogP contribution in [0.25, 0.3) is 0 Å². The van der Waals surface area contributed by atoms with E-state index in [1.54, 1.807) is 25.3 Å². The molecule has 0 bridgehead atoms. The second kappa shape index (κ2) is 6.75. The quantitative estimate of drug-likeness (QED) is 0.872. The number of halogens is 1. The number of anilines is 1. The number of carbonyl (C=O) groups is 1. The first-order chi connectivity index (χ1) is 9.19. The maximum Gasteiger partial charge on any atom is 0.238 e. The summed E-state index contributed by atoms with van der Waals surface area (Å²) in [5, 5.41) is 6.66. The van der Waals surface area contributed by atoms with Gasteiger partial charge in [-0.25, -0.2) is 0 Å². The Morgan fingerprint density at radius 3 is 2.89 bits per heavy atom. The van der Waals surface area contributed by atoms with Gasteiger partial charge in [0.2, 0.25) is 5.91 Å². The first-order valence-electron chi connectivity index (χ1n) is 6.25. The molecule has 0 saturated carbocycles. The lowest BCUT2D eigenvalue weighted by molar-refractivity contribution is -0.117. The standard InChI is InChI=1S/C13H18ClN3O2/c1-19-12-3-2-10(14)8-11(12)16-13(18)9-17-6-4-15-5-7-17/h2-3,8,15H,4-7,9H2,1H3,(H,16,18). The van der Waals surface area contributed by atoms with Crippen molar-refractivity contribution < 1.29 is 9.53 Å². The maximum absolute atomic E-state index is 12.0. The number of benzene rings is 1. The van der Waals surface area contributed by atoms with Gasteiger partial charge in [0, 0.05) is 31.2 Å². The molecule has 0 radical (unpaired) electrons. The summed E-state index contributed by atoms with van der Waals surface area (Å²) in [4.78, 5) is 14.1. The fourth-order valence-electron chi connectivity index (χ4n) is 2.04. The number of nitrogens with zero attached hydrogens (tertiary/aromatic N) is 1. The zero-order valence-corrected chi connectivity index (χ0v) is 11.7. The van der Waals surface area contributed by atoms with Crippen molar-refractivity contribution in [2.45, 2.75) is 0 Å². The van der Waals surface area contributed by atoms with Crippen molar-refractivity contribution in [1.29, 1.82) is 0 Å². The third-order valence-corrected chi connectivity index (χ3v) is 3.25. The minimum Gasteiger partial charge on any atom is -0.495 e. The third-order valence-electron chi connectivity index (χ3n) is 3.01. The summed E-state index contributed by atoms with van der Waals surface area (Å²) < 4.78 is 5.19. The number of methoxy groups -OCH3 is 1. The predicted octanol–water partition coefficient (Wildman–Crippen LogP) is 1.19. The summed E-state index contributed by atoms with van der Waals surface area (Å²) in [5.74, 6) is 0.556. The number of nitrogens with one attached hydrogen (secondary N) is 2. The van der Waals surface area contributed by atoms with Crippen molar-refractivity contribution in [3.05, 3.63) is 23.2 Å². The van der Waals surface area contributed by atoms with Gasteiger partial charge in [0.25, 0.3) is 0 Å². The lowest BCUT2D eigenvalue weighted by atomic mass is 10.3. The van der Waals surface area contributed by atoms with Crippen LogP contribution < -0.4 is 15.4 Å². The fraction of sp³-hybridized carbons (Fsp3) is 0.462. The zero-order valence-electron chi connectivity index (χ0n) is 10.9. The first kappa shape index (κ1) is 14.1. The van der Waals surface area contributed by atoms with Crippen LogP contribution in [0, 0.1) is 0 Å². The highest BCUT2D eigenvalue weighted by Gasteiger charge is 2.14. The Morgan fingerprint density at radius 1 is 1.47 bits per heavy atom. The highest BCUT2D eigenvalue weighted by atomic mass is 35.5. The van der Waals surface area contributed by atoms with E-state index in [-0.39, 0.29) is 5.91 Å². The molecule has 0 unspecified atom stereocenters. The molecule has 19 heavy (non-hydrogen) atoms. The van der Waals surface area contributed by atoms with Gasteiger partial charge in [-0.15, -0.1) is 0 Å². The molecule has 6 heteroatoms. The first-order valence-corrected chi connectivity index (χ1v) is 6.63. The van der Waals surface area contributed by atoms with Gasteiger partial charge >= 0.3 is 0 Å². The van der Waals surface area contributed by atoms with Gasteiger partial charge < -0.3 is 15.4 Å². The van der Waals surface area contributed by atoms with Crippen molar-refractivity contribution in [2.75, 3.05) is 45.2 Å². The van der Waals surface area contributed by atoms with Crippen molar-refractivity contribution >= 4 is 23.2 Å². The van der Waals surface area contributed by atoms with E-state index in [1.807, 2.05) is 0 Å². The largest absolute Gasteiger partial charge is 0.495 e. The average Bonchev–Trinajstić information content (AvgIpc) is 2.40. The molecule has 2 N–H and O–H groups in total. The van der Waals surface area contributed by atoms with Crippen LogP contribution in [-0.4, -0.2) is 50.6 Å². The average molecular weight is 284 g/mol. The zero-order chi connectivity index (χ0) is 13.7. The van der Waals surface area contributed by atoms with Gasteiger partial charge in [-0.3, -0.25) is 9.69 Å². The van der Waals surface area contributed by atoms with Crippen molar-refractivity contribution in [3.63, 3.8) is 0 Å². The summed E-state index contributed by atoms with van der Waals surface area (Å²) in [6.07, 6.45) is 0. The van der Waals surface area contributed by atoms with Gasteiger partial charge in [-0.2, -0.15) is 0 Å². The number of amides is 1. The van der Waals surface area contributed by atoms with E-state index in [4.69, 9.17) is 16.3 Å². The molecule has 1 aliphatic rings. The van der Waals surface area contributed by atoms with Crippen LogP contribution in [0.3, 0.4) is 0 Å². The molecule has 2 rings (SSSR count). The molecule has 1 aromatic rings. The SMILES string of the molecule is COc1ccc(Cl)cc1NC(=O)CN1CCNCC1. The van der Waals surface area contributed by atoms with Crippen molar-refractivity contribution in [1.82, 2.24) is 10.2 Å². The number of piperazine rings is 1. The Kier molecular flexibility index (Phi) is 5.01. The summed E-state index contributed by atoms with van der Waals surface area (Å²) in [6.45, 7) is 4.01.